The number of carboxylic acid groups (broad SMARTS) is 1. The summed E-state index contributed by atoms with van der Waals surface area (Å²) in [4.78, 5) is 36.5. The number of hydrogen-bond acceptors (Lipinski definition) is 6. The number of amides is 2. The molecule has 1 fully saturated rings. The Morgan fingerprint density at radius 1 is 1.29 bits per heavy atom. The highest BCUT2D eigenvalue weighted by Gasteiger charge is 2.28. The van der Waals surface area contributed by atoms with Crippen molar-refractivity contribution in [3.63, 3.8) is 0 Å². The van der Waals surface area contributed by atoms with Gasteiger partial charge in [-0.05, 0) is 25.0 Å². The van der Waals surface area contributed by atoms with Crippen LogP contribution in [0.2, 0.25) is 0 Å². The first-order valence-corrected chi connectivity index (χ1v) is 8.45. The Morgan fingerprint density at radius 2 is 1.93 bits per heavy atom. The lowest BCUT2D eigenvalue weighted by Crippen LogP contribution is -2.41. The van der Waals surface area contributed by atoms with Gasteiger partial charge in [-0.1, -0.05) is 0 Å². The number of carbonyl (C=O) groups is 3. The minimum atomic E-state index is -2.78. The first kappa shape index (κ1) is 21.2. The second kappa shape index (κ2) is 9.20. The van der Waals surface area contributed by atoms with Crippen LogP contribution in [-0.2, 0) is 4.74 Å². The highest BCUT2D eigenvalue weighted by atomic mass is 19.3. The average molecular weight is 401 g/mol. The van der Waals surface area contributed by atoms with E-state index in [1.807, 2.05) is 0 Å². The Hall–Kier alpha value is -3.11. The number of piperidine rings is 1. The smallest absolute Gasteiger partial charge is 0.407 e. The van der Waals surface area contributed by atoms with Crippen LogP contribution in [0.3, 0.4) is 0 Å². The van der Waals surface area contributed by atoms with Crippen molar-refractivity contribution in [2.75, 3.05) is 32.1 Å². The molecule has 154 valence electrons. The maximum absolute atomic E-state index is 12.5. The molecule has 11 heteroatoms. The van der Waals surface area contributed by atoms with E-state index in [9.17, 15) is 23.2 Å². The van der Waals surface area contributed by atoms with Gasteiger partial charge in [0.1, 0.15) is 12.4 Å². The van der Waals surface area contributed by atoms with Crippen LogP contribution in [0.5, 0.6) is 5.75 Å². The molecule has 0 aliphatic carbocycles. The third-order valence-electron chi connectivity index (χ3n) is 4.29. The number of halogens is 2. The van der Waals surface area contributed by atoms with E-state index in [0.717, 1.165) is 7.11 Å². The van der Waals surface area contributed by atoms with Crippen LogP contribution in [-0.4, -0.2) is 67.2 Å². The van der Waals surface area contributed by atoms with Crippen molar-refractivity contribution in [1.29, 1.82) is 0 Å². The van der Waals surface area contributed by atoms with Crippen molar-refractivity contribution < 1.29 is 37.7 Å². The number of likely N-dealkylation sites (tertiary alicyclic amines) is 1. The number of esters is 1. The monoisotopic (exact) mass is 401 g/mol. The number of nitrogens with one attached hydrogen (secondary N) is 1. The Kier molecular flexibility index (Phi) is 6.96. The van der Waals surface area contributed by atoms with Crippen LogP contribution in [0, 0.1) is 0 Å². The van der Waals surface area contributed by atoms with E-state index in [2.05, 4.69) is 5.32 Å². The number of nitrogens with zero attached hydrogens (tertiary/aromatic N) is 1. The van der Waals surface area contributed by atoms with Crippen LogP contribution < -0.4 is 15.8 Å². The lowest BCUT2D eigenvalue weighted by molar-refractivity contribution is 0.0595. The molecule has 0 bridgehead atoms. The zero-order chi connectivity index (χ0) is 20.8. The Balaban J connectivity index is 2.33. The molecule has 0 saturated carbocycles. The summed E-state index contributed by atoms with van der Waals surface area (Å²) in [5, 5.41) is 12.1. The summed E-state index contributed by atoms with van der Waals surface area (Å²) >= 11 is 0. The molecule has 0 atom stereocenters. The van der Waals surface area contributed by atoms with Gasteiger partial charge in [0, 0.05) is 19.1 Å². The minimum absolute atomic E-state index is 0.174. The fourth-order valence-corrected chi connectivity index (χ4v) is 2.97. The van der Waals surface area contributed by atoms with Crippen molar-refractivity contribution in [2.24, 2.45) is 5.73 Å². The number of methoxy groups -OCH3 is 1. The normalized spacial score (nSPS) is 14.6. The first-order chi connectivity index (χ1) is 13.2. The minimum Gasteiger partial charge on any atom is -0.487 e. The summed E-state index contributed by atoms with van der Waals surface area (Å²) in [6.45, 7) is -0.362. The van der Waals surface area contributed by atoms with Crippen LogP contribution in [0.1, 0.15) is 33.6 Å². The number of hydrogen-bond donors (Lipinski definition) is 3. The van der Waals surface area contributed by atoms with Gasteiger partial charge in [0.05, 0.1) is 23.9 Å². The molecule has 1 saturated heterocycles. The van der Waals surface area contributed by atoms with E-state index < -0.39 is 31.0 Å². The average Bonchev–Trinajstić information content (AvgIpc) is 2.66. The fourth-order valence-electron chi connectivity index (χ4n) is 2.97. The standard InChI is InChI=1S/C17H21F2N3O6/c1-27-16(24)13-10(21-9-4-6-22(7-5-9)17(25)26)2-3-11(14(13)15(20)23)28-8-12(18)19/h2-3,9,12,21H,4-8H2,1H3,(H2,20,23)(H,25,26). The molecule has 4 N–H and O–H groups in total. The van der Waals surface area contributed by atoms with E-state index in [1.165, 1.54) is 17.0 Å². The summed E-state index contributed by atoms with van der Waals surface area (Å²) in [7, 11) is 1.11. The largest absolute Gasteiger partial charge is 0.487 e. The molecule has 1 aliphatic heterocycles. The predicted octanol–water partition coefficient (Wildman–Crippen LogP) is 1.77. The van der Waals surface area contributed by atoms with Crippen molar-refractivity contribution in [1.82, 2.24) is 4.90 Å². The summed E-state index contributed by atoms with van der Waals surface area (Å²) < 4.78 is 34.6. The lowest BCUT2D eigenvalue weighted by Gasteiger charge is -2.31. The Bertz CT molecular complexity index is 751. The SMILES string of the molecule is COC(=O)c1c(NC2CCN(C(=O)O)CC2)ccc(OCC(F)F)c1C(N)=O. The van der Waals surface area contributed by atoms with Gasteiger partial charge in [-0.3, -0.25) is 4.79 Å². The summed E-state index contributed by atoms with van der Waals surface area (Å²) in [5.41, 5.74) is 4.99. The van der Waals surface area contributed by atoms with Gasteiger partial charge in [-0.2, -0.15) is 0 Å². The van der Waals surface area contributed by atoms with Crippen LogP contribution in [0.25, 0.3) is 0 Å². The highest BCUT2D eigenvalue weighted by Crippen LogP contribution is 2.31. The van der Waals surface area contributed by atoms with Crippen LogP contribution >= 0.6 is 0 Å². The zero-order valence-electron chi connectivity index (χ0n) is 15.1. The topological polar surface area (TPSA) is 131 Å². The molecular weight excluding hydrogens is 380 g/mol. The molecule has 28 heavy (non-hydrogen) atoms. The van der Waals surface area contributed by atoms with Crippen LogP contribution in [0.4, 0.5) is 19.3 Å². The molecule has 2 amide bonds. The number of ether oxygens (including phenoxy) is 2. The van der Waals surface area contributed by atoms with E-state index >= 15 is 0 Å². The van der Waals surface area contributed by atoms with Crippen LogP contribution in [0.15, 0.2) is 12.1 Å². The number of rotatable bonds is 7. The second-order valence-electron chi connectivity index (χ2n) is 6.11. The summed E-state index contributed by atoms with van der Waals surface area (Å²) in [5.74, 6) is -2.17. The van der Waals surface area contributed by atoms with Gasteiger partial charge < -0.3 is 30.5 Å². The van der Waals surface area contributed by atoms with Crippen molar-refractivity contribution in [2.45, 2.75) is 25.3 Å². The van der Waals surface area contributed by atoms with E-state index in [1.54, 1.807) is 0 Å². The van der Waals surface area contributed by atoms with Gasteiger partial charge in [-0.25, -0.2) is 18.4 Å². The predicted molar refractivity (Wildman–Crippen MR) is 94.0 cm³/mol. The van der Waals surface area contributed by atoms with Crippen molar-refractivity contribution in [3.05, 3.63) is 23.3 Å². The third-order valence-corrected chi connectivity index (χ3v) is 4.29. The molecule has 9 nitrogen and oxygen atoms in total. The van der Waals surface area contributed by atoms with Gasteiger partial charge in [0.25, 0.3) is 12.3 Å². The number of carbonyl (C=O) groups excluding carboxylic acids is 2. The maximum Gasteiger partial charge on any atom is 0.407 e. The summed E-state index contributed by atoms with van der Waals surface area (Å²) in [6, 6.07) is 2.50. The van der Waals surface area contributed by atoms with Crippen molar-refractivity contribution in [3.8, 4) is 5.75 Å². The second-order valence-corrected chi connectivity index (χ2v) is 6.11. The first-order valence-electron chi connectivity index (χ1n) is 8.45. The zero-order valence-corrected chi connectivity index (χ0v) is 15.1. The maximum atomic E-state index is 12.5. The molecule has 0 spiro atoms. The molecule has 1 aliphatic rings. The van der Waals surface area contributed by atoms with E-state index in [4.69, 9.17) is 20.3 Å². The van der Waals surface area contributed by atoms with Gasteiger partial charge in [-0.15, -0.1) is 0 Å². The number of nitrogens with two attached hydrogens (primary N) is 1. The van der Waals surface area contributed by atoms with E-state index in [0.29, 0.717) is 25.9 Å². The molecule has 1 heterocycles. The van der Waals surface area contributed by atoms with Gasteiger partial charge in [0.15, 0.2) is 0 Å². The molecule has 0 radical (unpaired) electrons. The molecule has 1 aromatic carbocycles. The number of alkyl halides is 2. The Morgan fingerprint density at radius 3 is 2.43 bits per heavy atom. The van der Waals surface area contributed by atoms with Gasteiger partial charge in [0.2, 0.25) is 0 Å². The summed E-state index contributed by atoms with van der Waals surface area (Å²) in [6.07, 6.45) is -2.84. The number of anilines is 1. The van der Waals surface area contributed by atoms with Gasteiger partial charge >= 0.3 is 12.1 Å². The molecular formula is C17H21F2N3O6. The molecule has 2 rings (SSSR count). The third kappa shape index (κ3) is 4.99. The Labute approximate surface area is 159 Å². The highest BCUT2D eigenvalue weighted by molar-refractivity contribution is 6.10. The number of benzene rings is 1. The molecule has 1 aromatic rings. The number of primary amides is 1. The van der Waals surface area contributed by atoms with E-state index in [-0.39, 0.29) is 28.6 Å². The fraction of sp³-hybridized carbons (Fsp3) is 0.471. The quantitative estimate of drug-likeness (QED) is 0.594. The molecule has 0 unspecified atom stereocenters. The lowest BCUT2D eigenvalue weighted by atomic mass is 10.00. The van der Waals surface area contributed by atoms with Crippen molar-refractivity contribution >= 4 is 23.7 Å². The molecule has 0 aromatic heterocycles.